The topological polar surface area (TPSA) is 89.3 Å². The zero-order valence-corrected chi connectivity index (χ0v) is 13.4. The van der Waals surface area contributed by atoms with Crippen LogP contribution >= 0.6 is 11.6 Å². The normalized spacial score (nSPS) is 10.6. The molecule has 0 unspecified atom stereocenters. The fourth-order valence-electron chi connectivity index (χ4n) is 2.02. The Morgan fingerprint density at radius 2 is 1.92 bits per heavy atom. The van der Waals surface area contributed by atoms with Gasteiger partial charge in [0.2, 0.25) is 5.91 Å². The summed E-state index contributed by atoms with van der Waals surface area (Å²) in [4.78, 5) is 33.7. The van der Waals surface area contributed by atoms with Crippen molar-refractivity contribution >= 4 is 40.7 Å². The molecule has 0 aliphatic heterocycles. The minimum absolute atomic E-state index is 0.0250. The Kier molecular flexibility index (Phi) is 5.44. The van der Waals surface area contributed by atoms with Crippen molar-refractivity contribution in [1.82, 2.24) is 0 Å². The molecule has 6 nitrogen and oxygen atoms in total. The lowest BCUT2D eigenvalue weighted by Gasteiger charge is -2.06. The molecule has 0 radical (unpaired) electrons. The predicted octanol–water partition coefficient (Wildman–Crippen LogP) is 4.10. The molecule has 122 valence electrons. The predicted molar refractivity (Wildman–Crippen MR) is 92.2 cm³/mol. The standard InChI is InChI=1S/C17H13ClN2O4/c1-11(21)13-4-2-3-5-15(13)19-17(22)9-7-12-6-8-14(18)16(10-12)20(23)24/h2-10H,1H3,(H,19,22)/b9-7+. The lowest BCUT2D eigenvalue weighted by Crippen LogP contribution is -2.11. The first kappa shape index (κ1) is 17.4. The summed E-state index contributed by atoms with van der Waals surface area (Å²) in [5.41, 5.74) is 1.03. The molecule has 0 bridgehead atoms. The Balaban J connectivity index is 2.16. The van der Waals surface area contributed by atoms with E-state index in [0.717, 1.165) is 0 Å². The molecule has 1 amide bonds. The second-order valence-corrected chi connectivity index (χ2v) is 5.30. The number of nitro benzene ring substituents is 1. The van der Waals surface area contributed by atoms with Crippen molar-refractivity contribution in [3.05, 3.63) is 74.8 Å². The second-order valence-electron chi connectivity index (χ2n) is 4.89. The molecule has 0 spiro atoms. The summed E-state index contributed by atoms with van der Waals surface area (Å²) >= 11 is 5.73. The van der Waals surface area contributed by atoms with Gasteiger partial charge in [-0.3, -0.25) is 19.7 Å². The van der Waals surface area contributed by atoms with Gasteiger partial charge in [0.25, 0.3) is 5.69 Å². The summed E-state index contributed by atoms with van der Waals surface area (Å²) in [5, 5.41) is 13.5. The highest BCUT2D eigenvalue weighted by molar-refractivity contribution is 6.32. The van der Waals surface area contributed by atoms with Crippen molar-refractivity contribution in [2.24, 2.45) is 0 Å². The van der Waals surface area contributed by atoms with Gasteiger partial charge < -0.3 is 5.32 Å². The van der Waals surface area contributed by atoms with Gasteiger partial charge in [-0.1, -0.05) is 29.8 Å². The third-order valence-electron chi connectivity index (χ3n) is 3.16. The Hall–Kier alpha value is -2.99. The first-order chi connectivity index (χ1) is 11.4. The van der Waals surface area contributed by atoms with Gasteiger partial charge >= 0.3 is 0 Å². The highest BCUT2D eigenvalue weighted by Gasteiger charge is 2.12. The molecule has 24 heavy (non-hydrogen) atoms. The molecular weight excluding hydrogens is 332 g/mol. The Morgan fingerprint density at radius 1 is 1.21 bits per heavy atom. The SMILES string of the molecule is CC(=O)c1ccccc1NC(=O)/C=C/c1ccc(Cl)c([N+](=O)[O-])c1. The third-order valence-corrected chi connectivity index (χ3v) is 3.48. The summed E-state index contributed by atoms with van der Waals surface area (Å²) in [5.74, 6) is -0.621. The molecule has 0 heterocycles. The van der Waals surface area contributed by atoms with Gasteiger partial charge in [0.05, 0.1) is 10.6 Å². The first-order valence-corrected chi connectivity index (χ1v) is 7.29. The van der Waals surface area contributed by atoms with E-state index in [1.54, 1.807) is 30.3 Å². The Labute approximate surface area is 142 Å². The fourth-order valence-corrected chi connectivity index (χ4v) is 2.21. The summed E-state index contributed by atoms with van der Waals surface area (Å²) in [6, 6.07) is 10.9. The Morgan fingerprint density at radius 3 is 2.58 bits per heavy atom. The summed E-state index contributed by atoms with van der Waals surface area (Å²) in [6.45, 7) is 1.41. The van der Waals surface area contributed by atoms with Crippen LogP contribution in [0.5, 0.6) is 0 Å². The van der Waals surface area contributed by atoms with Crippen LogP contribution in [0.2, 0.25) is 5.02 Å². The number of nitrogens with zero attached hydrogens (tertiary/aromatic N) is 1. The number of ketones is 1. The van der Waals surface area contributed by atoms with E-state index in [9.17, 15) is 19.7 Å². The van der Waals surface area contributed by atoms with Gasteiger partial charge in [-0.25, -0.2) is 0 Å². The van der Waals surface area contributed by atoms with Gasteiger partial charge in [-0.2, -0.15) is 0 Å². The summed E-state index contributed by atoms with van der Waals surface area (Å²) in [6.07, 6.45) is 2.65. The van der Waals surface area contributed by atoms with E-state index in [0.29, 0.717) is 16.8 Å². The van der Waals surface area contributed by atoms with Crippen molar-refractivity contribution in [3.8, 4) is 0 Å². The number of benzene rings is 2. The van der Waals surface area contributed by atoms with Crippen LogP contribution < -0.4 is 5.32 Å². The van der Waals surface area contributed by atoms with E-state index in [-0.39, 0.29) is 16.5 Å². The number of Topliss-reactive ketones (excluding diaryl/α,β-unsaturated/α-hetero) is 1. The summed E-state index contributed by atoms with van der Waals surface area (Å²) < 4.78 is 0. The molecule has 0 atom stereocenters. The number of hydrogen-bond donors (Lipinski definition) is 1. The van der Waals surface area contributed by atoms with E-state index in [2.05, 4.69) is 5.32 Å². The fraction of sp³-hybridized carbons (Fsp3) is 0.0588. The van der Waals surface area contributed by atoms with Crippen LogP contribution in [0.15, 0.2) is 48.5 Å². The van der Waals surface area contributed by atoms with E-state index >= 15 is 0 Å². The van der Waals surface area contributed by atoms with Crippen LogP contribution in [0.1, 0.15) is 22.8 Å². The number of nitro groups is 1. The van der Waals surface area contributed by atoms with Gasteiger partial charge in [0, 0.05) is 17.7 Å². The van der Waals surface area contributed by atoms with E-state index in [4.69, 9.17) is 11.6 Å². The van der Waals surface area contributed by atoms with Crippen LogP contribution in [0, 0.1) is 10.1 Å². The van der Waals surface area contributed by atoms with E-state index in [1.807, 2.05) is 0 Å². The number of rotatable bonds is 5. The molecule has 2 aromatic carbocycles. The first-order valence-electron chi connectivity index (χ1n) is 6.91. The number of halogens is 1. The molecular formula is C17H13ClN2O4. The zero-order chi connectivity index (χ0) is 17.7. The van der Waals surface area contributed by atoms with Gasteiger partial charge in [-0.15, -0.1) is 0 Å². The lowest BCUT2D eigenvalue weighted by molar-refractivity contribution is -0.384. The lowest BCUT2D eigenvalue weighted by atomic mass is 10.1. The molecule has 2 rings (SSSR count). The van der Waals surface area contributed by atoms with Crippen LogP contribution in [-0.2, 0) is 4.79 Å². The zero-order valence-electron chi connectivity index (χ0n) is 12.7. The van der Waals surface area contributed by atoms with Crippen LogP contribution in [0.25, 0.3) is 6.08 Å². The number of carbonyl (C=O) groups is 2. The van der Waals surface area contributed by atoms with Crippen molar-refractivity contribution in [2.45, 2.75) is 6.92 Å². The number of carbonyl (C=O) groups excluding carboxylic acids is 2. The highest BCUT2D eigenvalue weighted by atomic mass is 35.5. The molecule has 1 N–H and O–H groups in total. The van der Waals surface area contributed by atoms with Crippen LogP contribution in [0.4, 0.5) is 11.4 Å². The molecule has 0 fully saturated rings. The summed E-state index contributed by atoms with van der Waals surface area (Å²) in [7, 11) is 0. The number of para-hydroxylation sites is 1. The van der Waals surface area contributed by atoms with Crippen molar-refractivity contribution in [1.29, 1.82) is 0 Å². The van der Waals surface area contributed by atoms with E-state index in [1.165, 1.54) is 31.2 Å². The van der Waals surface area contributed by atoms with Crippen molar-refractivity contribution in [3.63, 3.8) is 0 Å². The van der Waals surface area contributed by atoms with Crippen molar-refractivity contribution in [2.75, 3.05) is 5.32 Å². The molecule has 0 aromatic heterocycles. The quantitative estimate of drug-likeness (QED) is 0.382. The number of amides is 1. The molecule has 0 saturated heterocycles. The largest absolute Gasteiger partial charge is 0.322 e. The molecule has 0 aliphatic rings. The maximum Gasteiger partial charge on any atom is 0.288 e. The van der Waals surface area contributed by atoms with Gasteiger partial charge in [-0.05, 0) is 36.8 Å². The monoisotopic (exact) mass is 344 g/mol. The molecule has 2 aromatic rings. The van der Waals surface area contributed by atoms with E-state index < -0.39 is 10.8 Å². The van der Waals surface area contributed by atoms with Gasteiger partial charge in [0.15, 0.2) is 5.78 Å². The molecule has 0 aliphatic carbocycles. The van der Waals surface area contributed by atoms with Crippen LogP contribution in [0.3, 0.4) is 0 Å². The Bertz CT molecular complexity index is 846. The second kappa shape index (κ2) is 7.52. The number of anilines is 1. The number of nitrogens with one attached hydrogen (secondary N) is 1. The van der Waals surface area contributed by atoms with Crippen molar-refractivity contribution < 1.29 is 14.5 Å². The minimum Gasteiger partial charge on any atom is -0.322 e. The number of hydrogen-bond acceptors (Lipinski definition) is 4. The highest BCUT2D eigenvalue weighted by Crippen LogP contribution is 2.25. The molecule has 0 saturated carbocycles. The maximum atomic E-state index is 12.0. The average Bonchev–Trinajstić information content (AvgIpc) is 2.54. The van der Waals surface area contributed by atoms with Gasteiger partial charge in [0.1, 0.15) is 5.02 Å². The molecule has 7 heteroatoms. The smallest absolute Gasteiger partial charge is 0.288 e. The maximum absolute atomic E-state index is 12.0. The average molecular weight is 345 g/mol. The minimum atomic E-state index is -0.594. The third kappa shape index (κ3) is 4.27. The van der Waals surface area contributed by atoms with Crippen LogP contribution in [-0.4, -0.2) is 16.6 Å².